The lowest BCUT2D eigenvalue weighted by atomic mass is 10.2. The Labute approximate surface area is 145 Å². The quantitative estimate of drug-likeness (QED) is 0.653. The highest BCUT2D eigenvalue weighted by Crippen LogP contribution is 2.32. The van der Waals surface area contributed by atoms with Crippen LogP contribution in [0, 0.1) is 0 Å². The predicted molar refractivity (Wildman–Crippen MR) is 86.8 cm³/mol. The molecule has 1 aliphatic rings. The van der Waals surface area contributed by atoms with Gasteiger partial charge in [0.2, 0.25) is 6.79 Å². The van der Waals surface area contributed by atoms with E-state index in [1.807, 2.05) is 19.1 Å². The first-order valence-corrected chi connectivity index (χ1v) is 7.84. The number of likely N-dealkylation sites (N-methyl/N-ethyl adjacent to an activating group) is 1. The maximum Gasteiger partial charge on any atom is 0.312 e. The lowest BCUT2D eigenvalue weighted by Crippen LogP contribution is -2.35. The second kappa shape index (κ2) is 8.76. The lowest BCUT2D eigenvalue weighted by molar-refractivity contribution is -0.152. The molecule has 2 rings (SSSR count). The van der Waals surface area contributed by atoms with Crippen LogP contribution >= 0.6 is 0 Å². The zero-order chi connectivity index (χ0) is 18.2. The number of fused-ring (bicyclic) bond motifs is 1. The van der Waals surface area contributed by atoms with Gasteiger partial charge in [0, 0.05) is 19.6 Å². The minimum atomic E-state index is -0.718. The Morgan fingerprint density at radius 2 is 2.04 bits per heavy atom. The number of rotatable bonds is 8. The number of urea groups is 1. The topological polar surface area (TPSA) is 120 Å². The van der Waals surface area contributed by atoms with Crippen LogP contribution in [-0.2, 0) is 20.9 Å². The minimum absolute atomic E-state index is 0.0511. The third-order valence-electron chi connectivity index (χ3n) is 3.53. The summed E-state index contributed by atoms with van der Waals surface area (Å²) < 4.78 is 15.5. The number of esters is 1. The second-order valence-electron chi connectivity index (χ2n) is 5.30. The van der Waals surface area contributed by atoms with Gasteiger partial charge in [-0.05, 0) is 24.6 Å². The van der Waals surface area contributed by atoms with E-state index >= 15 is 0 Å². The standard InChI is InChI=1S/C16H21N3O6/c1-2-19(8-11-3-4-12-13(7-11)25-10-24-12)14(20)9-23-15(21)5-6-18-16(17)22/h3-4,7H,2,5-6,8-10H2,1H3,(H3,17,18,22). The molecule has 0 radical (unpaired) electrons. The molecule has 3 amide bonds. The minimum Gasteiger partial charge on any atom is -0.456 e. The summed E-state index contributed by atoms with van der Waals surface area (Å²) in [5, 5.41) is 2.27. The Kier molecular flexibility index (Phi) is 6.44. The van der Waals surface area contributed by atoms with E-state index in [1.54, 1.807) is 11.0 Å². The molecule has 25 heavy (non-hydrogen) atoms. The number of primary amides is 1. The summed E-state index contributed by atoms with van der Waals surface area (Å²) in [6, 6.07) is 4.75. The summed E-state index contributed by atoms with van der Waals surface area (Å²) in [5.74, 6) is 0.434. The zero-order valence-electron chi connectivity index (χ0n) is 13.9. The number of nitrogens with two attached hydrogens (primary N) is 1. The largest absolute Gasteiger partial charge is 0.456 e. The van der Waals surface area contributed by atoms with E-state index in [0.717, 1.165) is 5.56 Å². The molecule has 0 aliphatic carbocycles. The summed E-state index contributed by atoms with van der Waals surface area (Å²) in [5.41, 5.74) is 5.77. The number of ether oxygens (including phenoxy) is 3. The summed E-state index contributed by atoms with van der Waals surface area (Å²) in [6.45, 7) is 2.57. The predicted octanol–water partition coefficient (Wildman–Crippen LogP) is 0.365. The van der Waals surface area contributed by atoms with Crippen LogP contribution in [0.1, 0.15) is 18.9 Å². The molecular weight excluding hydrogens is 330 g/mol. The first-order chi connectivity index (χ1) is 12.0. The fourth-order valence-corrected chi connectivity index (χ4v) is 2.23. The third-order valence-corrected chi connectivity index (χ3v) is 3.53. The van der Waals surface area contributed by atoms with Crippen LogP contribution in [0.3, 0.4) is 0 Å². The highest BCUT2D eigenvalue weighted by Gasteiger charge is 2.17. The van der Waals surface area contributed by atoms with E-state index in [0.29, 0.717) is 24.6 Å². The molecule has 0 saturated heterocycles. The fourth-order valence-electron chi connectivity index (χ4n) is 2.23. The fraction of sp³-hybridized carbons (Fsp3) is 0.438. The number of hydrogen-bond donors (Lipinski definition) is 2. The monoisotopic (exact) mass is 351 g/mol. The average molecular weight is 351 g/mol. The summed E-state index contributed by atoms with van der Waals surface area (Å²) >= 11 is 0. The SMILES string of the molecule is CCN(Cc1ccc2c(c1)OCO2)C(=O)COC(=O)CCNC(N)=O. The van der Waals surface area contributed by atoms with E-state index < -0.39 is 12.0 Å². The number of benzene rings is 1. The molecule has 0 unspecified atom stereocenters. The highest BCUT2D eigenvalue weighted by molar-refractivity contribution is 5.81. The molecule has 0 atom stereocenters. The Morgan fingerprint density at radius 3 is 2.76 bits per heavy atom. The van der Waals surface area contributed by atoms with Gasteiger partial charge in [0.15, 0.2) is 18.1 Å². The van der Waals surface area contributed by atoms with Gasteiger partial charge in [-0.25, -0.2) is 4.79 Å². The van der Waals surface area contributed by atoms with Crippen LogP contribution in [0.4, 0.5) is 4.79 Å². The van der Waals surface area contributed by atoms with Crippen LogP contribution in [0.25, 0.3) is 0 Å². The van der Waals surface area contributed by atoms with E-state index in [1.165, 1.54) is 0 Å². The lowest BCUT2D eigenvalue weighted by Gasteiger charge is -2.21. The molecule has 0 spiro atoms. The van der Waals surface area contributed by atoms with Crippen molar-refractivity contribution in [2.45, 2.75) is 19.9 Å². The molecule has 1 aliphatic heterocycles. The van der Waals surface area contributed by atoms with E-state index in [4.69, 9.17) is 19.9 Å². The zero-order valence-corrected chi connectivity index (χ0v) is 13.9. The molecule has 1 aromatic carbocycles. The first-order valence-electron chi connectivity index (χ1n) is 7.84. The van der Waals surface area contributed by atoms with Gasteiger partial charge in [0.25, 0.3) is 5.91 Å². The van der Waals surface area contributed by atoms with Crippen molar-refractivity contribution in [1.29, 1.82) is 0 Å². The van der Waals surface area contributed by atoms with Gasteiger partial charge in [-0.15, -0.1) is 0 Å². The van der Waals surface area contributed by atoms with E-state index in [2.05, 4.69) is 5.32 Å². The molecule has 0 fully saturated rings. The molecule has 9 heteroatoms. The number of carbonyl (C=O) groups is 3. The number of carbonyl (C=O) groups excluding carboxylic acids is 3. The summed E-state index contributed by atoms with van der Waals surface area (Å²) in [7, 11) is 0. The van der Waals surface area contributed by atoms with E-state index in [-0.39, 0.29) is 32.3 Å². The number of amides is 3. The van der Waals surface area contributed by atoms with E-state index in [9.17, 15) is 14.4 Å². The molecule has 0 bridgehead atoms. The van der Waals surface area contributed by atoms with Crippen molar-refractivity contribution in [3.63, 3.8) is 0 Å². The Morgan fingerprint density at radius 1 is 1.28 bits per heavy atom. The smallest absolute Gasteiger partial charge is 0.312 e. The van der Waals surface area contributed by atoms with Crippen molar-refractivity contribution in [2.24, 2.45) is 5.73 Å². The third kappa shape index (κ3) is 5.55. The van der Waals surface area contributed by atoms with Crippen LogP contribution in [0.5, 0.6) is 11.5 Å². The molecule has 3 N–H and O–H groups in total. The number of nitrogens with zero attached hydrogens (tertiary/aromatic N) is 1. The first kappa shape index (κ1) is 18.4. The van der Waals surface area contributed by atoms with Crippen LogP contribution in [-0.4, -0.2) is 49.3 Å². The Balaban J connectivity index is 1.80. The molecule has 0 aromatic heterocycles. The van der Waals surface area contributed by atoms with Gasteiger partial charge in [-0.2, -0.15) is 0 Å². The molecule has 1 aromatic rings. The number of nitrogens with one attached hydrogen (secondary N) is 1. The van der Waals surface area contributed by atoms with Crippen molar-refractivity contribution in [3.8, 4) is 11.5 Å². The maximum atomic E-state index is 12.2. The Bertz CT molecular complexity index is 649. The maximum absolute atomic E-state index is 12.2. The van der Waals surface area contributed by atoms with Gasteiger partial charge in [-0.3, -0.25) is 9.59 Å². The van der Waals surface area contributed by atoms with Gasteiger partial charge in [-0.1, -0.05) is 6.07 Å². The van der Waals surface area contributed by atoms with Gasteiger partial charge in [0.05, 0.1) is 6.42 Å². The van der Waals surface area contributed by atoms with Crippen molar-refractivity contribution >= 4 is 17.9 Å². The molecule has 9 nitrogen and oxygen atoms in total. The van der Waals surface area contributed by atoms with Gasteiger partial charge in [0.1, 0.15) is 0 Å². The Hall–Kier alpha value is -2.97. The van der Waals surface area contributed by atoms with Crippen LogP contribution < -0.4 is 20.5 Å². The van der Waals surface area contributed by atoms with Crippen molar-refractivity contribution in [2.75, 3.05) is 26.5 Å². The van der Waals surface area contributed by atoms with Crippen LogP contribution in [0.15, 0.2) is 18.2 Å². The summed E-state index contributed by atoms with van der Waals surface area (Å²) in [4.78, 5) is 35.8. The van der Waals surface area contributed by atoms with Crippen molar-refractivity contribution < 1.29 is 28.6 Å². The second-order valence-corrected chi connectivity index (χ2v) is 5.30. The average Bonchev–Trinajstić information content (AvgIpc) is 3.04. The van der Waals surface area contributed by atoms with Crippen molar-refractivity contribution in [3.05, 3.63) is 23.8 Å². The summed E-state index contributed by atoms with van der Waals surface area (Å²) in [6.07, 6.45) is -0.0511. The highest BCUT2D eigenvalue weighted by atomic mass is 16.7. The van der Waals surface area contributed by atoms with Crippen LogP contribution in [0.2, 0.25) is 0 Å². The van der Waals surface area contributed by atoms with Crippen molar-refractivity contribution in [1.82, 2.24) is 10.2 Å². The molecular formula is C16H21N3O6. The molecule has 0 saturated carbocycles. The molecule has 136 valence electrons. The van der Waals surface area contributed by atoms with Gasteiger partial charge >= 0.3 is 12.0 Å². The number of hydrogen-bond acceptors (Lipinski definition) is 6. The normalized spacial score (nSPS) is 11.7. The van der Waals surface area contributed by atoms with Gasteiger partial charge < -0.3 is 30.2 Å². The molecule has 1 heterocycles.